The van der Waals surface area contributed by atoms with E-state index >= 15 is 0 Å². The molecular weight excluding hydrogens is 358 g/mol. The van der Waals surface area contributed by atoms with Crippen LogP contribution in [0.15, 0.2) is 23.1 Å². The number of sulfonamides is 1. The highest BCUT2D eigenvalue weighted by atomic mass is 35.5. The molecule has 2 N–H and O–H groups in total. The van der Waals surface area contributed by atoms with Crippen molar-refractivity contribution in [3.63, 3.8) is 0 Å². The molecule has 0 amide bonds. The predicted octanol–water partition coefficient (Wildman–Crippen LogP) is 1.38. The number of methoxy groups -OCH3 is 1. The van der Waals surface area contributed by atoms with Gasteiger partial charge in [-0.3, -0.25) is 10.1 Å². The summed E-state index contributed by atoms with van der Waals surface area (Å²) in [7, 11) is -2.43. The number of fused-ring (bicyclic) bond motifs is 1. The van der Waals surface area contributed by atoms with Crippen molar-refractivity contribution in [3.05, 3.63) is 28.3 Å². The molecule has 1 aliphatic heterocycles. The van der Waals surface area contributed by atoms with Gasteiger partial charge in [-0.05, 0) is 30.7 Å². The molecule has 3 rings (SSSR count). The van der Waals surface area contributed by atoms with E-state index in [2.05, 4.69) is 0 Å². The molecule has 0 spiro atoms. The van der Waals surface area contributed by atoms with Crippen molar-refractivity contribution in [1.29, 1.82) is 0 Å². The van der Waals surface area contributed by atoms with E-state index in [0.717, 1.165) is 18.9 Å². The zero-order chi connectivity index (χ0) is 16.8. The van der Waals surface area contributed by atoms with Crippen molar-refractivity contribution in [2.24, 2.45) is 17.6 Å². The molecule has 8 nitrogen and oxygen atoms in total. The first-order valence-electron chi connectivity index (χ1n) is 7.42. The smallest absolute Gasteiger partial charge is 0.310 e. The van der Waals surface area contributed by atoms with Gasteiger partial charge in [0.2, 0.25) is 10.0 Å². The summed E-state index contributed by atoms with van der Waals surface area (Å²) in [4.78, 5) is 10.3. The van der Waals surface area contributed by atoms with Crippen molar-refractivity contribution in [1.82, 2.24) is 4.31 Å². The van der Waals surface area contributed by atoms with Gasteiger partial charge in [-0.25, -0.2) is 8.42 Å². The molecule has 0 bridgehead atoms. The summed E-state index contributed by atoms with van der Waals surface area (Å²) in [5.41, 5.74) is 5.79. The van der Waals surface area contributed by atoms with Crippen LogP contribution in [0.4, 0.5) is 5.69 Å². The van der Waals surface area contributed by atoms with Gasteiger partial charge >= 0.3 is 5.69 Å². The van der Waals surface area contributed by atoms with Crippen molar-refractivity contribution in [3.8, 4) is 5.75 Å². The Morgan fingerprint density at radius 3 is 2.62 bits per heavy atom. The van der Waals surface area contributed by atoms with Crippen molar-refractivity contribution < 1.29 is 18.1 Å². The maximum absolute atomic E-state index is 12.8. The van der Waals surface area contributed by atoms with Gasteiger partial charge in [0, 0.05) is 31.3 Å². The summed E-state index contributed by atoms with van der Waals surface area (Å²) >= 11 is 0. The SMILES string of the molecule is COc1cc(S(=O)(=O)N2CC3CCC(N)C3C2)ccc1[N+](=O)[O-].Cl. The largest absolute Gasteiger partial charge is 0.490 e. The van der Waals surface area contributed by atoms with Gasteiger partial charge in [0.25, 0.3) is 0 Å². The average molecular weight is 378 g/mol. The van der Waals surface area contributed by atoms with Crippen LogP contribution in [-0.4, -0.2) is 43.9 Å². The number of nitrogens with zero attached hydrogens (tertiary/aromatic N) is 2. The van der Waals surface area contributed by atoms with E-state index in [1.807, 2.05) is 0 Å². The van der Waals surface area contributed by atoms with Crippen LogP contribution in [-0.2, 0) is 10.0 Å². The average Bonchev–Trinajstić information content (AvgIpc) is 3.09. The summed E-state index contributed by atoms with van der Waals surface area (Å²) in [6, 6.07) is 3.67. The van der Waals surface area contributed by atoms with E-state index in [9.17, 15) is 18.5 Å². The van der Waals surface area contributed by atoms with Crippen molar-refractivity contribution in [2.75, 3.05) is 20.2 Å². The van der Waals surface area contributed by atoms with Gasteiger partial charge in [-0.1, -0.05) is 0 Å². The van der Waals surface area contributed by atoms with Crippen LogP contribution in [0.25, 0.3) is 0 Å². The highest BCUT2D eigenvalue weighted by Crippen LogP contribution is 2.40. The lowest BCUT2D eigenvalue weighted by Gasteiger charge is -2.19. The molecular formula is C14H20ClN3O5S. The molecule has 10 heteroatoms. The first-order chi connectivity index (χ1) is 10.8. The minimum Gasteiger partial charge on any atom is -0.490 e. The first kappa shape index (κ1) is 18.9. The van der Waals surface area contributed by atoms with E-state index < -0.39 is 14.9 Å². The van der Waals surface area contributed by atoms with Crippen LogP contribution in [0, 0.1) is 22.0 Å². The zero-order valence-corrected chi connectivity index (χ0v) is 14.8. The summed E-state index contributed by atoms with van der Waals surface area (Å²) < 4.78 is 31.9. The molecule has 134 valence electrons. The van der Waals surface area contributed by atoms with Crippen molar-refractivity contribution >= 4 is 28.1 Å². The van der Waals surface area contributed by atoms with Gasteiger partial charge < -0.3 is 10.5 Å². The lowest BCUT2D eigenvalue weighted by Crippen LogP contribution is -2.33. The fourth-order valence-corrected chi connectivity index (χ4v) is 5.13. The number of rotatable bonds is 4. The lowest BCUT2D eigenvalue weighted by atomic mass is 9.98. The summed E-state index contributed by atoms with van der Waals surface area (Å²) in [5.74, 6) is 0.441. The highest BCUT2D eigenvalue weighted by molar-refractivity contribution is 7.89. The Kier molecular flexibility index (Phi) is 5.38. The standard InChI is InChI=1S/C14H19N3O5S.ClH/c1-22-14-6-10(3-5-13(14)17(18)19)23(20,21)16-7-9-2-4-12(15)11(9)8-16;/h3,5-6,9,11-12H,2,4,7-8,15H2,1H3;1H. The summed E-state index contributed by atoms with van der Waals surface area (Å²) in [6.07, 6.45) is 1.88. The van der Waals surface area contributed by atoms with Gasteiger partial charge in [0.1, 0.15) is 0 Å². The van der Waals surface area contributed by atoms with E-state index in [1.54, 1.807) is 0 Å². The predicted molar refractivity (Wildman–Crippen MR) is 89.8 cm³/mol. The van der Waals surface area contributed by atoms with Crippen LogP contribution >= 0.6 is 12.4 Å². The molecule has 2 fully saturated rings. The van der Waals surface area contributed by atoms with E-state index in [4.69, 9.17) is 10.5 Å². The minimum absolute atomic E-state index is 0. The number of nitro benzene ring substituents is 1. The first-order valence-corrected chi connectivity index (χ1v) is 8.86. The van der Waals surface area contributed by atoms with Crippen LogP contribution in [0.1, 0.15) is 12.8 Å². The van der Waals surface area contributed by atoms with Crippen LogP contribution in [0.5, 0.6) is 5.75 Å². The third kappa shape index (κ3) is 3.08. The fourth-order valence-electron chi connectivity index (χ4n) is 3.58. The zero-order valence-electron chi connectivity index (χ0n) is 13.1. The van der Waals surface area contributed by atoms with Gasteiger partial charge in [0.15, 0.2) is 5.75 Å². The van der Waals surface area contributed by atoms with E-state index in [1.165, 1.54) is 23.5 Å². The monoisotopic (exact) mass is 377 g/mol. The number of nitro groups is 1. The van der Waals surface area contributed by atoms with E-state index in [-0.39, 0.29) is 40.7 Å². The highest BCUT2D eigenvalue weighted by Gasteiger charge is 2.45. The molecule has 1 aromatic rings. The quantitative estimate of drug-likeness (QED) is 0.626. The molecule has 1 heterocycles. The third-order valence-electron chi connectivity index (χ3n) is 4.86. The molecule has 24 heavy (non-hydrogen) atoms. The fraction of sp³-hybridized carbons (Fsp3) is 0.571. The maximum atomic E-state index is 12.8. The molecule has 0 radical (unpaired) electrons. The topological polar surface area (TPSA) is 116 Å². The number of hydrogen-bond acceptors (Lipinski definition) is 6. The molecule has 1 aliphatic carbocycles. The Hall–Kier alpha value is -1.42. The van der Waals surface area contributed by atoms with Crippen molar-refractivity contribution in [2.45, 2.75) is 23.8 Å². The van der Waals surface area contributed by atoms with Gasteiger partial charge in [-0.15, -0.1) is 12.4 Å². The number of ether oxygens (including phenoxy) is 1. The van der Waals surface area contributed by atoms with Gasteiger partial charge in [0.05, 0.1) is 16.9 Å². The minimum atomic E-state index is -3.70. The molecule has 1 aromatic carbocycles. The number of benzene rings is 1. The lowest BCUT2D eigenvalue weighted by molar-refractivity contribution is -0.385. The second-order valence-electron chi connectivity index (χ2n) is 6.08. The third-order valence-corrected chi connectivity index (χ3v) is 6.69. The molecule has 3 atom stereocenters. The molecule has 2 aliphatic rings. The summed E-state index contributed by atoms with van der Waals surface area (Å²) in [6.45, 7) is 0.869. The second-order valence-corrected chi connectivity index (χ2v) is 8.02. The van der Waals surface area contributed by atoms with Crippen LogP contribution < -0.4 is 10.5 Å². The Morgan fingerprint density at radius 1 is 1.33 bits per heavy atom. The summed E-state index contributed by atoms with van der Waals surface area (Å²) in [5, 5.41) is 10.9. The van der Waals surface area contributed by atoms with Crippen LogP contribution in [0.2, 0.25) is 0 Å². The Labute approximate surface area is 146 Å². The molecule has 1 saturated heterocycles. The maximum Gasteiger partial charge on any atom is 0.310 e. The molecule has 0 aromatic heterocycles. The Bertz CT molecular complexity index is 742. The van der Waals surface area contributed by atoms with Gasteiger partial charge in [-0.2, -0.15) is 4.31 Å². The number of halogens is 1. The normalized spacial score (nSPS) is 26.7. The Balaban J connectivity index is 0.00000208. The molecule has 1 saturated carbocycles. The van der Waals surface area contributed by atoms with E-state index in [0.29, 0.717) is 19.0 Å². The Morgan fingerprint density at radius 2 is 2.04 bits per heavy atom. The second kappa shape index (κ2) is 6.83. The number of nitrogens with two attached hydrogens (primary N) is 1. The van der Waals surface area contributed by atoms with Crippen LogP contribution in [0.3, 0.4) is 0 Å². The number of hydrogen-bond donors (Lipinski definition) is 1. The molecule has 3 unspecified atom stereocenters.